The van der Waals surface area contributed by atoms with E-state index in [1.165, 1.54) is 12.1 Å². The molecule has 0 amide bonds. The molecule has 5 nitrogen and oxygen atoms in total. The molecule has 1 fully saturated rings. The third-order valence-electron chi connectivity index (χ3n) is 3.05. The highest BCUT2D eigenvalue weighted by molar-refractivity contribution is 7.89. The highest BCUT2D eigenvalue weighted by Crippen LogP contribution is 2.32. The Morgan fingerprint density at radius 3 is 2.57 bits per heavy atom. The Balaban J connectivity index is 2.36. The Bertz CT molecular complexity index is 603. The van der Waals surface area contributed by atoms with Gasteiger partial charge in [0.15, 0.2) is 0 Å². The van der Waals surface area contributed by atoms with Crippen molar-refractivity contribution in [3.63, 3.8) is 0 Å². The van der Waals surface area contributed by atoms with Gasteiger partial charge >= 0.3 is 6.36 Å². The number of aliphatic hydroxyl groups is 1. The molecule has 1 saturated heterocycles. The molecule has 1 aliphatic rings. The second kappa shape index (κ2) is 5.82. The summed E-state index contributed by atoms with van der Waals surface area (Å²) in [7, 11) is -4.15. The van der Waals surface area contributed by atoms with E-state index < -0.39 is 33.1 Å². The van der Waals surface area contributed by atoms with Crippen LogP contribution in [0.4, 0.5) is 13.2 Å². The summed E-state index contributed by atoms with van der Waals surface area (Å²) in [5.74, 6) is -0.773. The first-order valence-electron chi connectivity index (χ1n) is 6.23. The Labute approximate surface area is 120 Å². The van der Waals surface area contributed by atoms with E-state index in [9.17, 15) is 26.7 Å². The number of rotatable bonds is 3. The van der Waals surface area contributed by atoms with E-state index >= 15 is 0 Å². The van der Waals surface area contributed by atoms with Crippen molar-refractivity contribution in [2.24, 2.45) is 0 Å². The maximum Gasteiger partial charge on any atom is 0.573 e. The van der Waals surface area contributed by atoms with Crippen molar-refractivity contribution < 1.29 is 31.4 Å². The lowest BCUT2D eigenvalue weighted by molar-refractivity contribution is -0.275. The summed E-state index contributed by atoms with van der Waals surface area (Å²) in [5, 5.41) is 9.53. The zero-order chi connectivity index (χ0) is 15.7. The number of β-amino-alcohol motifs (C(OH)–C–C–N with tert-alkyl or cyclic N) is 1. The van der Waals surface area contributed by atoms with E-state index in [4.69, 9.17) is 0 Å². The maximum absolute atomic E-state index is 12.4. The smallest absolute Gasteiger partial charge is 0.404 e. The molecule has 9 heteroatoms. The van der Waals surface area contributed by atoms with Crippen LogP contribution in [0.1, 0.15) is 12.8 Å². The molecule has 0 bridgehead atoms. The van der Waals surface area contributed by atoms with Crippen LogP contribution in [0.25, 0.3) is 0 Å². The number of hydrogen-bond donors (Lipinski definition) is 1. The fourth-order valence-electron chi connectivity index (χ4n) is 2.15. The second-order valence-corrected chi connectivity index (χ2v) is 6.56. The monoisotopic (exact) mass is 325 g/mol. The SMILES string of the molecule is O=S(=O)(c1ccccc1OC(F)(F)F)N1CCCC(O)C1. The minimum absolute atomic E-state index is 0.136. The molecule has 1 heterocycles. The zero-order valence-corrected chi connectivity index (χ0v) is 11.7. The molecule has 1 atom stereocenters. The average molecular weight is 325 g/mol. The summed E-state index contributed by atoms with van der Waals surface area (Å²) in [4.78, 5) is -0.559. The van der Waals surface area contributed by atoms with Gasteiger partial charge in [-0.1, -0.05) is 12.1 Å². The fraction of sp³-hybridized carbons (Fsp3) is 0.500. The van der Waals surface area contributed by atoms with Crippen molar-refractivity contribution in [1.82, 2.24) is 4.31 Å². The van der Waals surface area contributed by atoms with Gasteiger partial charge in [-0.25, -0.2) is 8.42 Å². The van der Waals surface area contributed by atoms with Gasteiger partial charge in [-0.2, -0.15) is 4.31 Å². The number of piperidine rings is 1. The summed E-state index contributed by atoms with van der Waals surface area (Å²) in [6.45, 7) is 0.0163. The molecule has 1 unspecified atom stereocenters. The van der Waals surface area contributed by atoms with Crippen LogP contribution in [0.2, 0.25) is 0 Å². The van der Waals surface area contributed by atoms with Gasteiger partial charge in [0, 0.05) is 13.1 Å². The highest BCUT2D eigenvalue weighted by Gasteiger charge is 2.36. The number of ether oxygens (including phenoxy) is 1. The first-order valence-corrected chi connectivity index (χ1v) is 7.67. The fourth-order valence-corrected chi connectivity index (χ4v) is 3.78. The zero-order valence-electron chi connectivity index (χ0n) is 10.9. The lowest BCUT2D eigenvalue weighted by Crippen LogP contribution is -2.42. The minimum Gasteiger partial charge on any atom is -0.404 e. The molecule has 0 radical (unpaired) electrons. The van der Waals surface area contributed by atoms with Crippen LogP contribution >= 0.6 is 0 Å². The van der Waals surface area contributed by atoms with Crippen molar-refractivity contribution in [1.29, 1.82) is 0 Å². The van der Waals surface area contributed by atoms with Crippen molar-refractivity contribution in [3.05, 3.63) is 24.3 Å². The van der Waals surface area contributed by atoms with Crippen LogP contribution in [0.5, 0.6) is 5.75 Å². The topological polar surface area (TPSA) is 66.8 Å². The average Bonchev–Trinajstić information content (AvgIpc) is 2.37. The number of nitrogens with zero attached hydrogens (tertiary/aromatic N) is 1. The van der Waals surface area contributed by atoms with Crippen LogP contribution in [-0.2, 0) is 10.0 Å². The Kier molecular flexibility index (Phi) is 4.45. The van der Waals surface area contributed by atoms with E-state index in [1.807, 2.05) is 0 Å². The van der Waals surface area contributed by atoms with Gasteiger partial charge < -0.3 is 9.84 Å². The molecule has 0 saturated carbocycles. The van der Waals surface area contributed by atoms with Gasteiger partial charge in [-0.3, -0.25) is 0 Å². The van der Waals surface area contributed by atoms with Crippen molar-refractivity contribution in [2.45, 2.75) is 30.2 Å². The summed E-state index contributed by atoms with van der Waals surface area (Å²) >= 11 is 0. The largest absolute Gasteiger partial charge is 0.573 e. The van der Waals surface area contributed by atoms with Gasteiger partial charge in [0.2, 0.25) is 10.0 Å². The predicted octanol–water partition coefficient (Wildman–Crippen LogP) is 1.73. The summed E-state index contributed by atoms with van der Waals surface area (Å²) < 4.78 is 66.6. The predicted molar refractivity (Wildman–Crippen MR) is 67.1 cm³/mol. The molecule has 1 aromatic rings. The van der Waals surface area contributed by atoms with Gasteiger partial charge in [0.25, 0.3) is 0 Å². The number of para-hydroxylation sites is 1. The molecule has 21 heavy (non-hydrogen) atoms. The molecular formula is C12H14F3NO4S. The number of alkyl halides is 3. The number of benzene rings is 1. The highest BCUT2D eigenvalue weighted by atomic mass is 32.2. The lowest BCUT2D eigenvalue weighted by atomic mass is 10.1. The van der Waals surface area contributed by atoms with Gasteiger partial charge in [0.1, 0.15) is 10.6 Å². The van der Waals surface area contributed by atoms with Gasteiger partial charge in [-0.15, -0.1) is 13.2 Å². The number of hydrogen-bond acceptors (Lipinski definition) is 4. The molecule has 1 N–H and O–H groups in total. The number of halogens is 3. The standard InChI is InChI=1S/C12H14F3NO4S/c13-12(14,15)20-10-5-1-2-6-11(10)21(18,19)16-7-3-4-9(17)8-16/h1-2,5-6,9,17H,3-4,7-8H2. The van der Waals surface area contributed by atoms with Crippen LogP contribution < -0.4 is 4.74 Å². The Morgan fingerprint density at radius 1 is 1.29 bits per heavy atom. The van der Waals surface area contributed by atoms with Crippen LogP contribution in [-0.4, -0.2) is 43.4 Å². The molecule has 1 aliphatic heterocycles. The summed E-state index contributed by atoms with van der Waals surface area (Å²) in [6.07, 6.45) is -4.88. The summed E-state index contributed by atoms with van der Waals surface area (Å²) in [5.41, 5.74) is 0. The van der Waals surface area contributed by atoms with E-state index in [-0.39, 0.29) is 13.1 Å². The molecule has 0 spiro atoms. The molecule has 2 rings (SSSR count). The Hall–Kier alpha value is -1.32. The van der Waals surface area contributed by atoms with Gasteiger partial charge in [-0.05, 0) is 25.0 Å². The molecule has 118 valence electrons. The van der Waals surface area contributed by atoms with Crippen LogP contribution in [0.3, 0.4) is 0 Å². The molecule has 0 aliphatic carbocycles. The normalized spacial score (nSPS) is 21.2. The van der Waals surface area contributed by atoms with Crippen molar-refractivity contribution in [3.8, 4) is 5.75 Å². The number of aliphatic hydroxyl groups excluding tert-OH is 1. The third kappa shape index (κ3) is 3.86. The third-order valence-corrected chi connectivity index (χ3v) is 4.96. The van der Waals surface area contributed by atoms with E-state index in [0.717, 1.165) is 16.4 Å². The molecular weight excluding hydrogens is 311 g/mol. The quantitative estimate of drug-likeness (QED) is 0.919. The van der Waals surface area contributed by atoms with Crippen molar-refractivity contribution in [2.75, 3.05) is 13.1 Å². The van der Waals surface area contributed by atoms with Crippen LogP contribution in [0, 0.1) is 0 Å². The first kappa shape index (κ1) is 16.1. The first-order chi connectivity index (χ1) is 9.70. The lowest BCUT2D eigenvalue weighted by Gasteiger charge is -2.29. The van der Waals surface area contributed by atoms with Gasteiger partial charge in [0.05, 0.1) is 6.10 Å². The molecule has 1 aromatic carbocycles. The van der Waals surface area contributed by atoms with E-state index in [0.29, 0.717) is 12.8 Å². The Morgan fingerprint density at radius 2 is 1.95 bits per heavy atom. The van der Waals surface area contributed by atoms with E-state index in [2.05, 4.69) is 4.74 Å². The molecule has 0 aromatic heterocycles. The second-order valence-electron chi connectivity index (χ2n) is 4.65. The minimum atomic E-state index is -4.98. The van der Waals surface area contributed by atoms with Crippen LogP contribution in [0.15, 0.2) is 29.2 Å². The summed E-state index contributed by atoms with van der Waals surface area (Å²) in [6, 6.07) is 4.57. The number of sulfonamides is 1. The maximum atomic E-state index is 12.4. The van der Waals surface area contributed by atoms with Crippen molar-refractivity contribution >= 4 is 10.0 Å². The van der Waals surface area contributed by atoms with E-state index in [1.54, 1.807) is 0 Å².